The number of aromatic nitrogens is 6. The van der Waals surface area contributed by atoms with Crippen molar-refractivity contribution in [3.05, 3.63) is 36.3 Å². The van der Waals surface area contributed by atoms with Crippen LogP contribution in [-0.4, -0.2) is 66.6 Å². The molecule has 1 N–H and O–H groups in total. The van der Waals surface area contributed by atoms with Crippen LogP contribution >= 0.6 is 0 Å². The molecule has 1 aromatic carbocycles. The quantitative estimate of drug-likeness (QED) is 0.457. The Kier molecular flexibility index (Phi) is 5.41. The molecule has 0 unspecified atom stereocenters. The second kappa shape index (κ2) is 8.41. The minimum absolute atomic E-state index is 0.217. The van der Waals surface area contributed by atoms with Gasteiger partial charge in [0.15, 0.2) is 11.5 Å². The lowest BCUT2D eigenvalue weighted by Gasteiger charge is -2.39. The lowest BCUT2D eigenvalue weighted by atomic mass is 9.77. The number of alkyl halides is 3. The average Bonchev–Trinajstić information content (AvgIpc) is 3.54. The Morgan fingerprint density at radius 2 is 1.94 bits per heavy atom. The molecule has 0 radical (unpaired) electrons. The Morgan fingerprint density at radius 3 is 2.64 bits per heavy atom. The standard InChI is InChI=1S/C24H26F3N7O2/c1-15-9-23(14-36-15)4-6-32(7-5-23)21-19(12-35)31-22-18(30-21)11-29-34(22)17-3-2-16-10-28-33(20(16)8-17)13-24(25,26)27/h2-3,8,10-11,15,35H,4-7,9,12-14H2,1H3/t15-/m0/s1. The summed E-state index contributed by atoms with van der Waals surface area (Å²) in [7, 11) is 0. The van der Waals surface area contributed by atoms with E-state index in [4.69, 9.17) is 9.72 Å². The molecular formula is C24H26F3N7O2. The van der Waals surface area contributed by atoms with Gasteiger partial charge in [0.1, 0.15) is 17.8 Å². The smallest absolute Gasteiger partial charge is 0.390 e. The predicted octanol–water partition coefficient (Wildman–Crippen LogP) is 3.62. The van der Waals surface area contributed by atoms with Gasteiger partial charge in [0.25, 0.3) is 0 Å². The molecule has 2 aliphatic heterocycles. The number of nitrogens with zero attached hydrogens (tertiary/aromatic N) is 7. The number of hydrogen-bond acceptors (Lipinski definition) is 7. The minimum atomic E-state index is -4.39. The highest BCUT2D eigenvalue weighted by atomic mass is 19.4. The van der Waals surface area contributed by atoms with Gasteiger partial charge < -0.3 is 14.7 Å². The highest BCUT2D eigenvalue weighted by Gasteiger charge is 2.41. The van der Waals surface area contributed by atoms with Gasteiger partial charge >= 0.3 is 6.18 Å². The first-order valence-electron chi connectivity index (χ1n) is 12.0. The van der Waals surface area contributed by atoms with Crippen LogP contribution in [0.1, 0.15) is 31.9 Å². The van der Waals surface area contributed by atoms with Gasteiger partial charge in [-0.05, 0) is 49.8 Å². The molecule has 12 heteroatoms. The fraction of sp³-hybridized carbons (Fsp3) is 0.500. The van der Waals surface area contributed by atoms with E-state index in [9.17, 15) is 18.3 Å². The van der Waals surface area contributed by atoms with Gasteiger partial charge in [-0.25, -0.2) is 14.6 Å². The molecule has 5 heterocycles. The summed E-state index contributed by atoms with van der Waals surface area (Å²) in [5.74, 6) is 0.644. The number of hydrogen-bond donors (Lipinski definition) is 1. The summed E-state index contributed by atoms with van der Waals surface area (Å²) in [6.45, 7) is 3.04. The zero-order chi connectivity index (χ0) is 25.1. The van der Waals surface area contributed by atoms with Crippen molar-refractivity contribution in [3.63, 3.8) is 0 Å². The Balaban J connectivity index is 1.33. The molecule has 190 valence electrons. The third-order valence-corrected chi connectivity index (χ3v) is 7.32. The number of anilines is 1. The van der Waals surface area contributed by atoms with Gasteiger partial charge in [0, 0.05) is 18.5 Å². The van der Waals surface area contributed by atoms with Gasteiger partial charge in [-0.1, -0.05) is 0 Å². The summed E-state index contributed by atoms with van der Waals surface area (Å²) < 4.78 is 47.2. The van der Waals surface area contributed by atoms with Crippen molar-refractivity contribution in [3.8, 4) is 5.69 Å². The summed E-state index contributed by atoms with van der Waals surface area (Å²) in [4.78, 5) is 11.6. The van der Waals surface area contributed by atoms with E-state index >= 15 is 0 Å². The lowest BCUT2D eigenvalue weighted by molar-refractivity contribution is -0.141. The normalized spacial score (nSPS) is 20.2. The van der Waals surface area contributed by atoms with Crippen molar-refractivity contribution in [2.45, 2.75) is 51.6 Å². The Labute approximate surface area is 204 Å². The number of fused-ring (bicyclic) bond motifs is 2. The Bertz CT molecular complexity index is 1420. The van der Waals surface area contributed by atoms with Crippen LogP contribution < -0.4 is 4.90 Å². The third-order valence-electron chi connectivity index (χ3n) is 7.32. The van der Waals surface area contributed by atoms with E-state index in [1.165, 1.54) is 10.9 Å². The molecule has 36 heavy (non-hydrogen) atoms. The molecule has 9 nitrogen and oxygen atoms in total. The van der Waals surface area contributed by atoms with E-state index in [2.05, 4.69) is 27.0 Å². The molecule has 0 aliphatic carbocycles. The predicted molar refractivity (Wildman–Crippen MR) is 126 cm³/mol. The zero-order valence-electron chi connectivity index (χ0n) is 19.7. The summed E-state index contributed by atoms with van der Waals surface area (Å²) in [6, 6.07) is 5.05. The van der Waals surface area contributed by atoms with Crippen LogP contribution in [0.5, 0.6) is 0 Å². The lowest BCUT2D eigenvalue weighted by Crippen LogP contribution is -2.41. The number of aliphatic hydroxyl groups is 1. The van der Waals surface area contributed by atoms with Gasteiger partial charge in [0.2, 0.25) is 0 Å². The second-order valence-corrected chi connectivity index (χ2v) is 9.89. The SMILES string of the molecule is C[C@H]1CC2(CCN(c3nc4cnn(-c5ccc6cnn(CC(F)(F)F)c6c5)c4nc3CO)CC2)CO1. The molecule has 1 atom stereocenters. The highest BCUT2D eigenvalue weighted by molar-refractivity contribution is 5.82. The molecule has 2 fully saturated rings. The fourth-order valence-electron chi connectivity index (χ4n) is 5.50. The fourth-order valence-corrected chi connectivity index (χ4v) is 5.50. The number of rotatable bonds is 4. The molecule has 4 aromatic rings. The highest BCUT2D eigenvalue weighted by Crippen LogP contribution is 2.42. The maximum Gasteiger partial charge on any atom is 0.408 e. The molecule has 3 aromatic heterocycles. The largest absolute Gasteiger partial charge is 0.408 e. The van der Waals surface area contributed by atoms with Crippen molar-refractivity contribution in [2.75, 3.05) is 24.6 Å². The molecular weight excluding hydrogens is 475 g/mol. The first-order valence-corrected chi connectivity index (χ1v) is 12.0. The zero-order valence-corrected chi connectivity index (χ0v) is 19.7. The topological polar surface area (TPSA) is 94.1 Å². The first-order chi connectivity index (χ1) is 17.2. The maximum absolute atomic E-state index is 13.0. The number of ether oxygens (including phenoxy) is 1. The van der Waals surface area contributed by atoms with E-state index < -0.39 is 12.7 Å². The Hall–Kier alpha value is -3.25. The van der Waals surface area contributed by atoms with E-state index in [0.29, 0.717) is 39.3 Å². The van der Waals surface area contributed by atoms with Crippen LogP contribution in [0.25, 0.3) is 27.8 Å². The third kappa shape index (κ3) is 4.07. The molecule has 0 saturated carbocycles. The number of benzene rings is 1. The number of piperidine rings is 1. The van der Waals surface area contributed by atoms with Crippen LogP contribution in [0.3, 0.4) is 0 Å². The molecule has 2 aliphatic rings. The first kappa shape index (κ1) is 23.2. The molecule has 0 bridgehead atoms. The van der Waals surface area contributed by atoms with Crippen molar-refractivity contribution < 1.29 is 23.0 Å². The summed E-state index contributed by atoms with van der Waals surface area (Å²) >= 11 is 0. The number of aliphatic hydroxyl groups excluding tert-OH is 1. The van der Waals surface area contributed by atoms with E-state index in [1.54, 1.807) is 24.4 Å². The Morgan fingerprint density at radius 1 is 1.14 bits per heavy atom. The van der Waals surface area contributed by atoms with Gasteiger partial charge in [-0.15, -0.1) is 0 Å². The van der Waals surface area contributed by atoms with E-state index in [0.717, 1.165) is 43.6 Å². The second-order valence-electron chi connectivity index (χ2n) is 9.89. The van der Waals surface area contributed by atoms with Crippen LogP contribution in [0.2, 0.25) is 0 Å². The van der Waals surface area contributed by atoms with Gasteiger partial charge in [-0.3, -0.25) is 4.68 Å². The van der Waals surface area contributed by atoms with Crippen LogP contribution in [0.15, 0.2) is 30.6 Å². The molecule has 0 amide bonds. The molecule has 2 saturated heterocycles. The summed E-state index contributed by atoms with van der Waals surface area (Å²) in [6.07, 6.45) is 1.95. The average molecular weight is 502 g/mol. The van der Waals surface area contributed by atoms with Crippen molar-refractivity contribution >= 4 is 27.9 Å². The van der Waals surface area contributed by atoms with E-state index in [-0.39, 0.29) is 18.1 Å². The molecule has 1 spiro atoms. The summed E-state index contributed by atoms with van der Waals surface area (Å²) in [5.41, 5.74) is 2.50. The van der Waals surface area contributed by atoms with Crippen LogP contribution in [-0.2, 0) is 17.9 Å². The monoisotopic (exact) mass is 501 g/mol. The van der Waals surface area contributed by atoms with Gasteiger partial charge in [0.05, 0.1) is 42.9 Å². The van der Waals surface area contributed by atoms with Crippen molar-refractivity contribution in [1.82, 2.24) is 29.5 Å². The van der Waals surface area contributed by atoms with Gasteiger partial charge in [-0.2, -0.15) is 23.4 Å². The minimum Gasteiger partial charge on any atom is -0.390 e. The van der Waals surface area contributed by atoms with Crippen LogP contribution in [0, 0.1) is 5.41 Å². The number of halogens is 3. The van der Waals surface area contributed by atoms with Crippen molar-refractivity contribution in [2.24, 2.45) is 5.41 Å². The van der Waals surface area contributed by atoms with Crippen LogP contribution in [0.4, 0.5) is 19.0 Å². The van der Waals surface area contributed by atoms with E-state index in [1.807, 2.05) is 0 Å². The maximum atomic E-state index is 13.0. The van der Waals surface area contributed by atoms with Crippen molar-refractivity contribution in [1.29, 1.82) is 0 Å². The summed E-state index contributed by atoms with van der Waals surface area (Å²) in [5, 5.41) is 19.0. The molecule has 6 rings (SSSR count).